The van der Waals surface area contributed by atoms with E-state index >= 15 is 0 Å². The number of ether oxygens (including phenoxy) is 1. The average Bonchev–Trinajstić information content (AvgIpc) is 3.12. The van der Waals surface area contributed by atoms with Crippen LogP contribution in [0.5, 0.6) is 0 Å². The van der Waals surface area contributed by atoms with E-state index in [0.717, 1.165) is 18.4 Å². The first-order chi connectivity index (χ1) is 17.4. The largest absolute Gasteiger partial charge is 0.452 e. The van der Waals surface area contributed by atoms with Crippen LogP contribution in [0.15, 0.2) is 60.7 Å². The number of pyridine rings is 1. The van der Waals surface area contributed by atoms with Crippen LogP contribution in [0.1, 0.15) is 43.0 Å². The molecule has 2 aliphatic rings. The lowest BCUT2D eigenvalue weighted by atomic mass is 9.77. The fraction of sp³-hybridized carbons (Fsp3) is 0.296. The van der Waals surface area contributed by atoms with Crippen molar-refractivity contribution >= 4 is 34.7 Å². The Kier molecular flexibility index (Phi) is 6.13. The monoisotopic (exact) mass is 486 g/mol. The van der Waals surface area contributed by atoms with Gasteiger partial charge in [0.1, 0.15) is 5.54 Å². The smallest absolute Gasteiger partial charge is 0.344 e. The number of carbonyl (C=O) groups is 4. The number of nitrogens with one attached hydrogen (secondary N) is 2. The summed E-state index contributed by atoms with van der Waals surface area (Å²) in [5, 5.41) is 4.02. The van der Waals surface area contributed by atoms with Crippen molar-refractivity contribution in [1.29, 1.82) is 0 Å². The number of hydrogen-bond donors (Lipinski definition) is 2. The third kappa shape index (κ3) is 4.39. The van der Waals surface area contributed by atoms with Crippen LogP contribution in [0.2, 0.25) is 0 Å². The Hall–Kier alpha value is -4.27. The number of benzene rings is 2. The molecule has 0 bridgehead atoms. The van der Waals surface area contributed by atoms with E-state index in [1.807, 2.05) is 36.4 Å². The van der Waals surface area contributed by atoms with Gasteiger partial charge in [0.15, 0.2) is 6.61 Å². The molecule has 4 amide bonds. The molecule has 2 fully saturated rings. The second-order valence-electron chi connectivity index (χ2n) is 9.38. The molecule has 9 heteroatoms. The van der Waals surface area contributed by atoms with E-state index in [4.69, 9.17) is 4.74 Å². The number of fused-ring (bicyclic) bond motifs is 1. The summed E-state index contributed by atoms with van der Waals surface area (Å²) in [6, 6.07) is 17.5. The standard InChI is InChI=1S/C27H26N4O5/c1-17-11-13-27(14-12-17)25(34)31(26(35)29-27)30-23(32)16-36-24(33)20-15-22(18-7-3-2-4-8-18)28-21-10-6-5-9-19(20)21/h2-10,15,17H,11-14,16H2,1H3,(H,29,35)(H,30,32). The zero-order chi connectivity index (χ0) is 25.3. The van der Waals surface area contributed by atoms with Crippen molar-refractivity contribution in [3.63, 3.8) is 0 Å². The van der Waals surface area contributed by atoms with Gasteiger partial charge in [0.25, 0.3) is 11.8 Å². The predicted molar refractivity (Wildman–Crippen MR) is 131 cm³/mol. The molecular weight excluding hydrogens is 460 g/mol. The lowest BCUT2D eigenvalue weighted by Gasteiger charge is -2.33. The van der Waals surface area contributed by atoms with Crippen LogP contribution in [0.25, 0.3) is 22.2 Å². The summed E-state index contributed by atoms with van der Waals surface area (Å²) in [4.78, 5) is 55.5. The van der Waals surface area contributed by atoms with Crippen molar-refractivity contribution in [1.82, 2.24) is 20.7 Å². The molecule has 1 spiro atoms. The molecule has 0 atom stereocenters. The molecule has 5 rings (SSSR count). The third-order valence-corrected chi connectivity index (χ3v) is 6.87. The van der Waals surface area contributed by atoms with Crippen LogP contribution < -0.4 is 10.7 Å². The molecule has 184 valence electrons. The lowest BCUT2D eigenvalue weighted by molar-refractivity contribution is -0.141. The topological polar surface area (TPSA) is 118 Å². The number of esters is 1. The number of hydrogen-bond acceptors (Lipinski definition) is 6. The van der Waals surface area contributed by atoms with Crippen molar-refractivity contribution in [2.24, 2.45) is 5.92 Å². The quantitative estimate of drug-likeness (QED) is 0.420. The molecule has 2 aromatic carbocycles. The van der Waals surface area contributed by atoms with E-state index in [2.05, 4.69) is 22.7 Å². The second-order valence-corrected chi connectivity index (χ2v) is 9.38. The molecule has 2 N–H and O–H groups in total. The Morgan fingerprint density at radius 2 is 1.78 bits per heavy atom. The second kappa shape index (κ2) is 9.41. The first-order valence-corrected chi connectivity index (χ1v) is 11.9. The SMILES string of the molecule is CC1CCC2(CC1)NC(=O)N(NC(=O)COC(=O)c1cc(-c3ccccc3)nc3ccccc13)C2=O. The number of carbonyl (C=O) groups excluding carboxylic acids is 4. The molecule has 1 aliphatic carbocycles. The highest BCUT2D eigenvalue weighted by atomic mass is 16.5. The fourth-order valence-electron chi connectivity index (χ4n) is 4.78. The molecule has 36 heavy (non-hydrogen) atoms. The number of aromatic nitrogens is 1. The van der Waals surface area contributed by atoms with E-state index in [9.17, 15) is 19.2 Å². The number of imide groups is 1. The minimum absolute atomic E-state index is 0.262. The summed E-state index contributed by atoms with van der Waals surface area (Å²) in [6.45, 7) is 1.45. The maximum absolute atomic E-state index is 13.0. The molecule has 0 radical (unpaired) electrons. The van der Waals surface area contributed by atoms with Gasteiger partial charge >= 0.3 is 12.0 Å². The highest BCUT2D eigenvalue weighted by molar-refractivity contribution is 6.08. The average molecular weight is 487 g/mol. The number of nitrogens with zero attached hydrogens (tertiary/aromatic N) is 2. The zero-order valence-corrected chi connectivity index (χ0v) is 19.8. The van der Waals surface area contributed by atoms with Gasteiger partial charge in [-0.05, 0) is 43.7 Å². The fourth-order valence-corrected chi connectivity index (χ4v) is 4.78. The highest BCUT2D eigenvalue weighted by Gasteiger charge is 2.52. The number of rotatable bonds is 5. The van der Waals surface area contributed by atoms with Crippen molar-refractivity contribution < 1.29 is 23.9 Å². The van der Waals surface area contributed by atoms with Gasteiger partial charge in [-0.25, -0.2) is 14.6 Å². The van der Waals surface area contributed by atoms with E-state index in [1.165, 1.54) is 0 Å². The molecule has 2 heterocycles. The van der Waals surface area contributed by atoms with Crippen LogP contribution in [-0.4, -0.2) is 46.0 Å². The van der Waals surface area contributed by atoms with Crippen LogP contribution in [-0.2, 0) is 14.3 Å². The number of para-hydroxylation sites is 1. The van der Waals surface area contributed by atoms with E-state index in [1.54, 1.807) is 24.3 Å². The first-order valence-electron chi connectivity index (χ1n) is 11.9. The van der Waals surface area contributed by atoms with Crippen molar-refractivity contribution in [3.8, 4) is 11.3 Å². The Labute approximate surface area is 207 Å². The maximum atomic E-state index is 13.0. The molecular formula is C27H26N4O5. The summed E-state index contributed by atoms with van der Waals surface area (Å²) in [5.41, 5.74) is 3.61. The minimum atomic E-state index is -0.975. The number of urea groups is 1. The van der Waals surface area contributed by atoms with Crippen molar-refractivity contribution in [2.45, 2.75) is 38.1 Å². The summed E-state index contributed by atoms with van der Waals surface area (Å²) in [6.07, 6.45) is 2.68. The molecule has 1 aliphatic heterocycles. The lowest BCUT2D eigenvalue weighted by Crippen LogP contribution is -2.52. The third-order valence-electron chi connectivity index (χ3n) is 6.87. The van der Waals surface area contributed by atoms with Crippen molar-refractivity contribution in [3.05, 3.63) is 66.2 Å². The van der Waals surface area contributed by atoms with Crippen LogP contribution in [0.4, 0.5) is 4.79 Å². The van der Waals surface area contributed by atoms with Gasteiger partial charge in [0.05, 0.1) is 16.8 Å². The summed E-state index contributed by atoms with van der Waals surface area (Å²) >= 11 is 0. The Morgan fingerprint density at radius 1 is 1.08 bits per heavy atom. The maximum Gasteiger partial charge on any atom is 0.344 e. The number of amides is 4. The molecule has 0 unspecified atom stereocenters. The van der Waals surface area contributed by atoms with Crippen LogP contribution in [0, 0.1) is 5.92 Å². The number of hydrazine groups is 1. The minimum Gasteiger partial charge on any atom is -0.452 e. The van der Waals surface area contributed by atoms with Gasteiger partial charge in [-0.2, -0.15) is 5.01 Å². The normalized spacial score (nSPS) is 21.5. The van der Waals surface area contributed by atoms with Gasteiger partial charge < -0.3 is 10.1 Å². The zero-order valence-electron chi connectivity index (χ0n) is 19.8. The predicted octanol–water partition coefficient (Wildman–Crippen LogP) is 3.59. The Balaban J connectivity index is 1.28. The van der Waals surface area contributed by atoms with Gasteiger partial charge in [-0.3, -0.25) is 15.0 Å². The first kappa shape index (κ1) is 23.5. The van der Waals surface area contributed by atoms with Crippen LogP contribution >= 0.6 is 0 Å². The molecule has 9 nitrogen and oxygen atoms in total. The molecule has 1 saturated carbocycles. The van der Waals surface area contributed by atoms with Gasteiger partial charge in [-0.1, -0.05) is 55.5 Å². The van der Waals surface area contributed by atoms with Gasteiger partial charge in [-0.15, -0.1) is 0 Å². The molecule has 1 aromatic heterocycles. The molecule has 3 aromatic rings. The van der Waals surface area contributed by atoms with E-state index < -0.39 is 36.0 Å². The van der Waals surface area contributed by atoms with E-state index in [0.29, 0.717) is 40.4 Å². The van der Waals surface area contributed by atoms with Gasteiger partial charge in [0, 0.05) is 10.9 Å². The summed E-state index contributed by atoms with van der Waals surface area (Å²) in [5.74, 6) is -1.49. The summed E-state index contributed by atoms with van der Waals surface area (Å²) < 4.78 is 5.27. The van der Waals surface area contributed by atoms with E-state index in [-0.39, 0.29) is 5.56 Å². The Morgan fingerprint density at radius 3 is 2.53 bits per heavy atom. The Bertz CT molecular complexity index is 1350. The molecule has 1 saturated heterocycles. The summed E-state index contributed by atoms with van der Waals surface area (Å²) in [7, 11) is 0. The van der Waals surface area contributed by atoms with Crippen LogP contribution in [0.3, 0.4) is 0 Å². The van der Waals surface area contributed by atoms with Gasteiger partial charge in [0.2, 0.25) is 0 Å². The highest BCUT2D eigenvalue weighted by Crippen LogP contribution is 2.35. The van der Waals surface area contributed by atoms with Crippen molar-refractivity contribution in [2.75, 3.05) is 6.61 Å².